The SMILES string of the molecule is Cc1ccc2sc(-c3sc(CN)nc3C)nc2c1. The number of benzene rings is 1. The lowest BCUT2D eigenvalue weighted by Gasteiger charge is -1.89. The molecule has 3 rings (SSSR count). The number of nitrogens with zero attached hydrogens (tertiary/aromatic N) is 2. The fraction of sp³-hybridized carbons (Fsp3) is 0.231. The van der Waals surface area contributed by atoms with Gasteiger partial charge in [-0.1, -0.05) is 6.07 Å². The van der Waals surface area contributed by atoms with Crippen molar-refractivity contribution in [3.63, 3.8) is 0 Å². The van der Waals surface area contributed by atoms with E-state index < -0.39 is 0 Å². The minimum atomic E-state index is 0.496. The highest BCUT2D eigenvalue weighted by Crippen LogP contribution is 2.35. The Morgan fingerprint density at radius 2 is 2.00 bits per heavy atom. The van der Waals surface area contributed by atoms with Crippen LogP contribution < -0.4 is 5.73 Å². The van der Waals surface area contributed by atoms with Gasteiger partial charge in [0.1, 0.15) is 10.0 Å². The maximum Gasteiger partial charge on any atom is 0.136 e. The van der Waals surface area contributed by atoms with Crippen molar-refractivity contribution in [2.24, 2.45) is 5.73 Å². The summed E-state index contributed by atoms with van der Waals surface area (Å²) in [6, 6.07) is 6.37. The van der Waals surface area contributed by atoms with Crippen LogP contribution in [-0.4, -0.2) is 9.97 Å². The summed E-state index contributed by atoms with van der Waals surface area (Å²) < 4.78 is 1.22. The van der Waals surface area contributed by atoms with Gasteiger partial charge in [0.15, 0.2) is 0 Å². The largest absolute Gasteiger partial charge is 0.325 e. The lowest BCUT2D eigenvalue weighted by Crippen LogP contribution is -1.94. The standard InChI is InChI=1S/C13H13N3S2/c1-7-3-4-10-9(5-7)16-13(17-10)12-8(2)15-11(6-14)18-12/h3-5H,6,14H2,1-2H3. The molecule has 0 unspecified atom stereocenters. The zero-order chi connectivity index (χ0) is 12.7. The molecule has 3 aromatic rings. The first-order valence-corrected chi connectivity index (χ1v) is 7.34. The van der Waals surface area contributed by atoms with E-state index >= 15 is 0 Å². The van der Waals surface area contributed by atoms with Gasteiger partial charge in [0, 0.05) is 6.54 Å². The van der Waals surface area contributed by atoms with Gasteiger partial charge in [0.05, 0.1) is 20.8 Å². The highest BCUT2D eigenvalue weighted by Gasteiger charge is 2.13. The van der Waals surface area contributed by atoms with Gasteiger partial charge >= 0.3 is 0 Å². The highest BCUT2D eigenvalue weighted by atomic mass is 32.1. The Hall–Kier alpha value is -1.30. The first-order valence-electron chi connectivity index (χ1n) is 5.71. The second-order valence-electron chi connectivity index (χ2n) is 4.22. The van der Waals surface area contributed by atoms with Crippen molar-refractivity contribution in [3.8, 4) is 9.88 Å². The first-order chi connectivity index (χ1) is 8.67. The highest BCUT2D eigenvalue weighted by molar-refractivity contribution is 7.25. The fourth-order valence-corrected chi connectivity index (χ4v) is 3.89. The fourth-order valence-electron chi connectivity index (χ4n) is 1.87. The van der Waals surface area contributed by atoms with E-state index in [2.05, 4.69) is 30.1 Å². The van der Waals surface area contributed by atoms with E-state index in [4.69, 9.17) is 10.7 Å². The zero-order valence-electron chi connectivity index (χ0n) is 10.2. The molecule has 2 heterocycles. The molecule has 0 saturated heterocycles. The predicted octanol–water partition coefficient (Wildman–Crippen LogP) is 3.50. The van der Waals surface area contributed by atoms with Gasteiger partial charge in [0.25, 0.3) is 0 Å². The van der Waals surface area contributed by atoms with Crippen LogP contribution in [0.4, 0.5) is 0 Å². The molecule has 0 fully saturated rings. The van der Waals surface area contributed by atoms with Crippen molar-refractivity contribution < 1.29 is 0 Å². The third-order valence-corrected chi connectivity index (χ3v) is 5.12. The van der Waals surface area contributed by atoms with Crippen LogP contribution in [0, 0.1) is 13.8 Å². The minimum absolute atomic E-state index is 0.496. The average molecular weight is 275 g/mol. The summed E-state index contributed by atoms with van der Waals surface area (Å²) in [7, 11) is 0. The minimum Gasteiger partial charge on any atom is -0.325 e. The summed E-state index contributed by atoms with van der Waals surface area (Å²) >= 11 is 3.36. The van der Waals surface area contributed by atoms with E-state index in [1.165, 1.54) is 10.3 Å². The molecule has 0 amide bonds. The van der Waals surface area contributed by atoms with Crippen LogP contribution in [0.1, 0.15) is 16.3 Å². The van der Waals surface area contributed by atoms with Crippen LogP contribution in [0.3, 0.4) is 0 Å². The third kappa shape index (κ3) is 1.94. The maximum atomic E-state index is 5.64. The van der Waals surface area contributed by atoms with Crippen LogP contribution in [0.5, 0.6) is 0 Å². The molecule has 5 heteroatoms. The van der Waals surface area contributed by atoms with Crippen molar-refractivity contribution in [2.75, 3.05) is 0 Å². The second-order valence-corrected chi connectivity index (χ2v) is 6.33. The Morgan fingerprint density at radius 1 is 1.17 bits per heavy atom. The normalized spacial score (nSPS) is 11.3. The summed E-state index contributed by atoms with van der Waals surface area (Å²) in [6.45, 7) is 4.60. The van der Waals surface area contributed by atoms with Crippen molar-refractivity contribution >= 4 is 32.9 Å². The molecule has 0 bridgehead atoms. The summed E-state index contributed by atoms with van der Waals surface area (Å²) in [4.78, 5) is 10.3. The molecule has 2 aromatic heterocycles. The van der Waals surface area contributed by atoms with Crippen molar-refractivity contribution in [1.29, 1.82) is 0 Å². The van der Waals surface area contributed by atoms with E-state index in [0.29, 0.717) is 6.54 Å². The number of hydrogen-bond donors (Lipinski definition) is 1. The number of aromatic nitrogens is 2. The molecule has 1 aromatic carbocycles. The summed E-state index contributed by atoms with van der Waals surface area (Å²) in [6.07, 6.45) is 0. The molecule has 92 valence electrons. The van der Waals surface area contributed by atoms with Gasteiger partial charge < -0.3 is 5.73 Å². The van der Waals surface area contributed by atoms with Crippen LogP contribution in [0.2, 0.25) is 0 Å². The van der Waals surface area contributed by atoms with Gasteiger partial charge in [-0.25, -0.2) is 9.97 Å². The van der Waals surface area contributed by atoms with Crippen LogP contribution in [-0.2, 0) is 6.54 Å². The molecule has 0 atom stereocenters. The Morgan fingerprint density at radius 3 is 2.72 bits per heavy atom. The topological polar surface area (TPSA) is 51.8 Å². The second kappa shape index (κ2) is 4.42. The van der Waals surface area contributed by atoms with E-state index in [1.807, 2.05) is 6.92 Å². The summed E-state index contributed by atoms with van der Waals surface area (Å²) in [5.41, 5.74) is 8.97. The van der Waals surface area contributed by atoms with Crippen LogP contribution >= 0.6 is 22.7 Å². The molecule has 0 radical (unpaired) electrons. The van der Waals surface area contributed by atoms with Crippen molar-refractivity contribution in [2.45, 2.75) is 20.4 Å². The lowest BCUT2D eigenvalue weighted by molar-refractivity contribution is 1.02. The molecular weight excluding hydrogens is 262 g/mol. The Balaban J connectivity index is 2.15. The number of fused-ring (bicyclic) bond motifs is 1. The van der Waals surface area contributed by atoms with Gasteiger partial charge in [-0.15, -0.1) is 22.7 Å². The smallest absolute Gasteiger partial charge is 0.136 e. The number of aryl methyl sites for hydroxylation is 2. The van der Waals surface area contributed by atoms with E-state index in [0.717, 1.165) is 26.1 Å². The summed E-state index contributed by atoms with van der Waals surface area (Å²) in [5.74, 6) is 0. The number of hydrogen-bond acceptors (Lipinski definition) is 5. The van der Waals surface area contributed by atoms with Gasteiger partial charge in [-0.2, -0.15) is 0 Å². The quantitative estimate of drug-likeness (QED) is 0.779. The Bertz CT molecular complexity index is 712. The molecule has 0 aliphatic heterocycles. The van der Waals surface area contributed by atoms with E-state index in [-0.39, 0.29) is 0 Å². The molecule has 0 saturated carbocycles. The predicted molar refractivity (Wildman–Crippen MR) is 78.1 cm³/mol. The van der Waals surface area contributed by atoms with Crippen molar-refractivity contribution in [3.05, 3.63) is 34.5 Å². The number of nitrogens with two attached hydrogens (primary N) is 1. The first kappa shape index (κ1) is 11.8. The molecule has 0 aliphatic rings. The molecule has 18 heavy (non-hydrogen) atoms. The number of rotatable bonds is 2. The molecule has 3 nitrogen and oxygen atoms in total. The van der Waals surface area contributed by atoms with Gasteiger partial charge in [-0.3, -0.25) is 0 Å². The summed E-state index contributed by atoms with van der Waals surface area (Å²) in [5, 5.41) is 2.02. The third-order valence-electron chi connectivity index (χ3n) is 2.75. The maximum absolute atomic E-state index is 5.64. The molecule has 0 aliphatic carbocycles. The average Bonchev–Trinajstić information content (AvgIpc) is 2.91. The van der Waals surface area contributed by atoms with Gasteiger partial charge in [-0.05, 0) is 31.5 Å². The van der Waals surface area contributed by atoms with Gasteiger partial charge in [0.2, 0.25) is 0 Å². The lowest BCUT2D eigenvalue weighted by atomic mass is 10.2. The van der Waals surface area contributed by atoms with Crippen LogP contribution in [0.15, 0.2) is 18.2 Å². The Labute approximate surface area is 113 Å². The van der Waals surface area contributed by atoms with E-state index in [1.54, 1.807) is 22.7 Å². The Kier molecular flexibility index (Phi) is 2.89. The van der Waals surface area contributed by atoms with Crippen LogP contribution in [0.25, 0.3) is 20.1 Å². The monoisotopic (exact) mass is 275 g/mol. The molecule has 2 N–H and O–H groups in total. The molecule has 0 spiro atoms. The molecular formula is C13H13N3S2. The van der Waals surface area contributed by atoms with E-state index in [9.17, 15) is 0 Å². The zero-order valence-corrected chi connectivity index (χ0v) is 11.9. The van der Waals surface area contributed by atoms with Crippen molar-refractivity contribution in [1.82, 2.24) is 9.97 Å². The number of thiazole rings is 2.